The number of carboxylic acids is 1. The number of aryl methyl sites for hydroxylation is 2. The van der Waals surface area contributed by atoms with Crippen LogP contribution in [-0.2, 0) is 17.0 Å². The number of carbonyl (C=O) groups is 1. The molecular formula is C14H15N3O3S. The van der Waals surface area contributed by atoms with Gasteiger partial charge in [0.1, 0.15) is 5.69 Å². The first kappa shape index (κ1) is 15.2. The third-order valence-corrected chi connectivity index (χ3v) is 3.71. The van der Waals surface area contributed by atoms with Gasteiger partial charge >= 0.3 is 5.97 Å². The number of hydrogen-bond acceptors (Lipinski definition) is 5. The number of thioether (sulfide) groups is 1. The summed E-state index contributed by atoms with van der Waals surface area (Å²) in [6.07, 6.45) is -0.0476. The van der Waals surface area contributed by atoms with Crippen molar-refractivity contribution >= 4 is 17.7 Å². The van der Waals surface area contributed by atoms with Crippen molar-refractivity contribution < 1.29 is 9.90 Å². The molecule has 0 bridgehead atoms. The Labute approximate surface area is 125 Å². The topological polar surface area (TPSA) is 95.9 Å². The quantitative estimate of drug-likeness (QED) is 0.790. The van der Waals surface area contributed by atoms with E-state index in [1.807, 2.05) is 25.1 Å². The summed E-state index contributed by atoms with van der Waals surface area (Å²) in [4.78, 5) is 24.9. The van der Waals surface area contributed by atoms with Gasteiger partial charge in [-0.1, -0.05) is 41.6 Å². The number of carboxylic acid groups (broad SMARTS) is 1. The van der Waals surface area contributed by atoms with Crippen molar-refractivity contribution in [2.24, 2.45) is 0 Å². The van der Waals surface area contributed by atoms with E-state index >= 15 is 0 Å². The van der Waals surface area contributed by atoms with Crippen LogP contribution in [0.1, 0.15) is 23.2 Å². The van der Waals surface area contributed by atoms with E-state index in [1.54, 1.807) is 0 Å². The zero-order valence-corrected chi connectivity index (χ0v) is 12.3. The fourth-order valence-electron chi connectivity index (χ4n) is 1.75. The second kappa shape index (κ2) is 7.03. The lowest BCUT2D eigenvalue weighted by Gasteiger charge is -2.03. The van der Waals surface area contributed by atoms with Gasteiger partial charge in [-0.15, -0.1) is 10.2 Å². The maximum atomic E-state index is 11.8. The molecule has 6 nitrogen and oxygen atoms in total. The minimum atomic E-state index is -0.964. The molecule has 0 spiro atoms. The summed E-state index contributed by atoms with van der Waals surface area (Å²) in [6, 6.07) is 8.08. The third-order valence-electron chi connectivity index (χ3n) is 2.78. The lowest BCUT2D eigenvalue weighted by molar-refractivity contribution is -0.136. The summed E-state index contributed by atoms with van der Waals surface area (Å²) in [6.45, 7) is 2.02. The Hall–Kier alpha value is -2.15. The van der Waals surface area contributed by atoms with Crippen LogP contribution in [0.4, 0.5) is 0 Å². The van der Waals surface area contributed by atoms with Crippen molar-refractivity contribution in [3.63, 3.8) is 0 Å². The van der Waals surface area contributed by atoms with Gasteiger partial charge in [0.25, 0.3) is 5.56 Å². The Morgan fingerprint density at radius 1 is 1.38 bits per heavy atom. The lowest BCUT2D eigenvalue weighted by Crippen LogP contribution is -2.18. The molecule has 0 aliphatic carbocycles. The Kier molecular flexibility index (Phi) is 5.10. The van der Waals surface area contributed by atoms with E-state index < -0.39 is 5.97 Å². The van der Waals surface area contributed by atoms with Crippen LogP contribution in [0.5, 0.6) is 0 Å². The molecule has 0 aliphatic heterocycles. The molecule has 110 valence electrons. The zero-order chi connectivity index (χ0) is 15.2. The van der Waals surface area contributed by atoms with Crippen molar-refractivity contribution in [3.05, 3.63) is 51.4 Å². The van der Waals surface area contributed by atoms with E-state index in [9.17, 15) is 9.59 Å². The molecule has 7 heteroatoms. The predicted molar refractivity (Wildman–Crippen MR) is 79.3 cm³/mol. The van der Waals surface area contributed by atoms with Crippen molar-refractivity contribution in [1.82, 2.24) is 15.2 Å². The maximum Gasteiger partial charge on any atom is 0.303 e. The van der Waals surface area contributed by atoms with Crippen LogP contribution in [-0.4, -0.2) is 26.3 Å². The normalized spacial score (nSPS) is 10.5. The number of hydrogen-bond donors (Lipinski definition) is 2. The highest BCUT2D eigenvalue weighted by Crippen LogP contribution is 2.18. The number of nitrogens with zero attached hydrogens (tertiary/aromatic N) is 2. The van der Waals surface area contributed by atoms with Crippen LogP contribution in [0.25, 0.3) is 0 Å². The first-order valence-corrected chi connectivity index (χ1v) is 7.39. The smallest absolute Gasteiger partial charge is 0.303 e. The van der Waals surface area contributed by atoms with Gasteiger partial charge in [0.05, 0.1) is 6.42 Å². The molecule has 0 aliphatic rings. The monoisotopic (exact) mass is 305 g/mol. The Balaban J connectivity index is 2.00. The van der Waals surface area contributed by atoms with Gasteiger partial charge in [-0.05, 0) is 12.5 Å². The number of aliphatic carboxylic acids is 1. The molecule has 1 aromatic carbocycles. The largest absolute Gasteiger partial charge is 0.481 e. The standard InChI is InChI=1S/C14H15N3O3S/c1-9-3-2-4-10(7-9)8-21-14-15-13(20)11(16-17-14)5-6-12(18)19/h2-4,7H,5-6,8H2,1H3,(H,18,19)(H,15,17,20). The van der Waals surface area contributed by atoms with Crippen LogP contribution in [0.3, 0.4) is 0 Å². The maximum absolute atomic E-state index is 11.8. The average Bonchev–Trinajstić information content (AvgIpc) is 2.44. The third kappa shape index (κ3) is 4.71. The van der Waals surface area contributed by atoms with E-state index in [0.717, 1.165) is 5.56 Å². The van der Waals surface area contributed by atoms with Gasteiger partial charge in [-0.3, -0.25) is 14.6 Å². The summed E-state index contributed by atoms with van der Waals surface area (Å²) in [5.74, 6) is -0.282. The van der Waals surface area contributed by atoms with E-state index in [2.05, 4.69) is 21.2 Å². The molecule has 2 rings (SSSR count). The SMILES string of the molecule is Cc1cccc(CSc2nnc(CCC(=O)O)c(=O)[nH]2)c1. The number of aromatic nitrogens is 3. The molecule has 0 fully saturated rings. The summed E-state index contributed by atoms with van der Waals surface area (Å²) in [7, 11) is 0. The van der Waals surface area contributed by atoms with Gasteiger partial charge in [0.15, 0.2) is 5.16 Å². The average molecular weight is 305 g/mol. The molecule has 0 radical (unpaired) electrons. The first-order valence-electron chi connectivity index (χ1n) is 6.40. The fraction of sp³-hybridized carbons (Fsp3) is 0.286. The van der Waals surface area contributed by atoms with Gasteiger partial charge in [0, 0.05) is 12.2 Å². The van der Waals surface area contributed by atoms with Gasteiger partial charge in [-0.2, -0.15) is 0 Å². The molecule has 2 N–H and O–H groups in total. The Morgan fingerprint density at radius 2 is 2.19 bits per heavy atom. The molecule has 0 atom stereocenters. The summed E-state index contributed by atoms with van der Waals surface area (Å²) in [5.41, 5.74) is 2.09. The molecule has 0 saturated carbocycles. The summed E-state index contributed by atoms with van der Waals surface area (Å²) < 4.78 is 0. The molecule has 0 unspecified atom stereocenters. The number of benzene rings is 1. The molecule has 1 aromatic heterocycles. The molecule has 2 aromatic rings. The summed E-state index contributed by atoms with van der Waals surface area (Å²) in [5, 5.41) is 16.7. The van der Waals surface area contributed by atoms with Crippen molar-refractivity contribution in [2.75, 3.05) is 0 Å². The highest BCUT2D eigenvalue weighted by Gasteiger charge is 2.08. The van der Waals surface area contributed by atoms with Crippen LogP contribution < -0.4 is 5.56 Å². The highest BCUT2D eigenvalue weighted by molar-refractivity contribution is 7.98. The minimum absolute atomic E-state index is 0.0838. The number of aromatic amines is 1. The van der Waals surface area contributed by atoms with Gasteiger partial charge in [-0.25, -0.2) is 0 Å². The van der Waals surface area contributed by atoms with Gasteiger partial charge in [0.2, 0.25) is 0 Å². The van der Waals surface area contributed by atoms with Crippen molar-refractivity contribution in [2.45, 2.75) is 30.7 Å². The molecule has 0 amide bonds. The van der Waals surface area contributed by atoms with Crippen LogP contribution in [0.2, 0.25) is 0 Å². The van der Waals surface area contributed by atoms with Crippen molar-refractivity contribution in [1.29, 1.82) is 0 Å². The van der Waals surface area contributed by atoms with E-state index in [1.165, 1.54) is 17.3 Å². The summed E-state index contributed by atoms with van der Waals surface area (Å²) >= 11 is 1.38. The number of nitrogens with one attached hydrogen (secondary N) is 1. The Morgan fingerprint density at radius 3 is 2.86 bits per heavy atom. The predicted octanol–water partition coefficient (Wildman–Crippen LogP) is 1.78. The molecule has 21 heavy (non-hydrogen) atoms. The van der Waals surface area contributed by atoms with E-state index in [0.29, 0.717) is 10.9 Å². The van der Waals surface area contributed by atoms with Crippen LogP contribution >= 0.6 is 11.8 Å². The van der Waals surface area contributed by atoms with Crippen LogP contribution in [0, 0.1) is 6.92 Å². The van der Waals surface area contributed by atoms with Gasteiger partial charge < -0.3 is 5.11 Å². The molecule has 1 heterocycles. The molecular weight excluding hydrogens is 290 g/mol. The fourth-order valence-corrected chi connectivity index (χ4v) is 2.50. The highest BCUT2D eigenvalue weighted by atomic mass is 32.2. The van der Waals surface area contributed by atoms with Crippen LogP contribution in [0.15, 0.2) is 34.2 Å². The van der Waals surface area contributed by atoms with E-state index in [4.69, 9.17) is 5.11 Å². The second-order valence-corrected chi connectivity index (χ2v) is 5.54. The minimum Gasteiger partial charge on any atom is -0.481 e. The lowest BCUT2D eigenvalue weighted by atomic mass is 10.2. The molecule has 0 saturated heterocycles. The van der Waals surface area contributed by atoms with Crippen molar-refractivity contribution in [3.8, 4) is 0 Å². The Bertz CT molecular complexity index is 700. The number of H-pyrrole nitrogens is 1. The zero-order valence-electron chi connectivity index (χ0n) is 11.5. The van der Waals surface area contributed by atoms with E-state index in [-0.39, 0.29) is 24.1 Å². The second-order valence-electron chi connectivity index (χ2n) is 4.58. The first-order chi connectivity index (χ1) is 10.0. The number of rotatable bonds is 6.